The molecular weight excluding hydrogens is 294 g/mol. The first-order valence-corrected chi connectivity index (χ1v) is 8.07. The van der Waals surface area contributed by atoms with Crippen LogP contribution in [-0.4, -0.2) is 43.2 Å². The van der Waals surface area contributed by atoms with Gasteiger partial charge in [0, 0.05) is 31.3 Å². The number of nitrogens with one attached hydrogen (secondary N) is 2. The summed E-state index contributed by atoms with van der Waals surface area (Å²) in [7, 11) is 0. The van der Waals surface area contributed by atoms with Crippen molar-refractivity contribution in [1.82, 2.24) is 35.2 Å². The van der Waals surface area contributed by atoms with Crippen LogP contribution in [0.3, 0.4) is 0 Å². The van der Waals surface area contributed by atoms with E-state index in [0.717, 1.165) is 24.5 Å². The molecule has 8 heteroatoms. The molecule has 0 saturated heterocycles. The Labute approximate surface area is 135 Å². The number of hydrogen-bond donors (Lipinski definition) is 2. The van der Waals surface area contributed by atoms with Gasteiger partial charge in [0.1, 0.15) is 5.82 Å². The van der Waals surface area contributed by atoms with Gasteiger partial charge in [-0.05, 0) is 12.5 Å². The maximum absolute atomic E-state index is 12.0. The van der Waals surface area contributed by atoms with E-state index in [1.165, 1.54) is 0 Å². The summed E-state index contributed by atoms with van der Waals surface area (Å²) in [5.74, 6) is 2.22. The molecule has 1 unspecified atom stereocenters. The molecule has 3 rings (SSSR count). The van der Waals surface area contributed by atoms with Crippen LogP contribution in [0.2, 0.25) is 0 Å². The van der Waals surface area contributed by atoms with Crippen molar-refractivity contribution < 1.29 is 4.79 Å². The summed E-state index contributed by atoms with van der Waals surface area (Å²) in [6.45, 7) is 6.07. The van der Waals surface area contributed by atoms with Gasteiger partial charge >= 0.3 is 6.03 Å². The Morgan fingerprint density at radius 2 is 2.35 bits per heavy atom. The van der Waals surface area contributed by atoms with Crippen LogP contribution < -0.4 is 10.6 Å². The summed E-state index contributed by atoms with van der Waals surface area (Å²) < 4.78 is 3.71. The molecule has 3 heterocycles. The van der Waals surface area contributed by atoms with Gasteiger partial charge in [-0.25, -0.2) is 14.5 Å². The zero-order valence-electron chi connectivity index (χ0n) is 13.6. The summed E-state index contributed by atoms with van der Waals surface area (Å²) in [6, 6.07) is 1.81. The Bertz CT molecular complexity index is 647. The Kier molecular flexibility index (Phi) is 4.59. The molecule has 0 aromatic carbocycles. The Balaban J connectivity index is 1.46. The highest BCUT2D eigenvalue weighted by Crippen LogP contribution is 2.16. The first-order chi connectivity index (χ1) is 11.1. The van der Waals surface area contributed by atoms with Gasteiger partial charge in [-0.15, -0.1) is 0 Å². The highest BCUT2D eigenvalue weighted by molar-refractivity contribution is 5.74. The summed E-state index contributed by atoms with van der Waals surface area (Å²) >= 11 is 0. The standard InChI is InChI=1S/C15H23N7O/c1-11(2)14-19-13-5-4-12(10-22(13)20-14)18-15(23)16-7-9-21-8-3-6-17-21/h3,6,8,11-12H,4-5,7,9-10H2,1-2H3,(H2,16,18,23). The van der Waals surface area contributed by atoms with Crippen molar-refractivity contribution in [3.63, 3.8) is 0 Å². The molecule has 2 aromatic heterocycles. The van der Waals surface area contributed by atoms with E-state index in [-0.39, 0.29) is 12.1 Å². The number of fused-ring (bicyclic) bond motifs is 1. The average molecular weight is 317 g/mol. The monoisotopic (exact) mass is 317 g/mol. The fraction of sp³-hybridized carbons (Fsp3) is 0.600. The molecule has 0 radical (unpaired) electrons. The molecule has 1 atom stereocenters. The van der Waals surface area contributed by atoms with E-state index in [4.69, 9.17) is 0 Å². The van der Waals surface area contributed by atoms with Crippen LogP contribution in [0.5, 0.6) is 0 Å². The molecule has 0 fully saturated rings. The maximum Gasteiger partial charge on any atom is 0.315 e. The highest BCUT2D eigenvalue weighted by atomic mass is 16.2. The van der Waals surface area contributed by atoms with E-state index >= 15 is 0 Å². The number of nitrogens with zero attached hydrogens (tertiary/aromatic N) is 5. The van der Waals surface area contributed by atoms with E-state index in [0.29, 0.717) is 25.6 Å². The second kappa shape index (κ2) is 6.80. The molecule has 2 aromatic rings. The Morgan fingerprint density at radius 3 is 3.09 bits per heavy atom. The molecule has 2 amide bonds. The third-order valence-corrected chi connectivity index (χ3v) is 3.91. The smallest absolute Gasteiger partial charge is 0.315 e. The van der Waals surface area contributed by atoms with Crippen molar-refractivity contribution >= 4 is 6.03 Å². The molecular formula is C15H23N7O. The minimum absolute atomic E-state index is 0.0916. The van der Waals surface area contributed by atoms with Crippen molar-refractivity contribution in [2.24, 2.45) is 0 Å². The van der Waals surface area contributed by atoms with Crippen molar-refractivity contribution in [2.75, 3.05) is 6.54 Å². The zero-order chi connectivity index (χ0) is 16.2. The second-order valence-corrected chi connectivity index (χ2v) is 6.13. The molecule has 2 N–H and O–H groups in total. The largest absolute Gasteiger partial charge is 0.336 e. The summed E-state index contributed by atoms with van der Waals surface area (Å²) in [4.78, 5) is 16.5. The molecule has 1 aliphatic rings. The van der Waals surface area contributed by atoms with Crippen LogP contribution in [0.25, 0.3) is 0 Å². The number of aryl methyl sites for hydroxylation is 1. The molecule has 0 aliphatic carbocycles. The maximum atomic E-state index is 12.0. The van der Waals surface area contributed by atoms with Crippen molar-refractivity contribution in [3.05, 3.63) is 30.1 Å². The summed E-state index contributed by atoms with van der Waals surface area (Å²) in [5, 5.41) is 14.5. The number of carbonyl (C=O) groups is 1. The normalized spacial score (nSPS) is 17.1. The predicted molar refractivity (Wildman–Crippen MR) is 85.0 cm³/mol. The van der Waals surface area contributed by atoms with Crippen LogP contribution >= 0.6 is 0 Å². The fourth-order valence-electron chi connectivity index (χ4n) is 2.64. The van der Waals surface area contributed by atoms with E-state index in [9.17, 15) is 4.79 Å². The van der Waals surface area contributed by atoms with Gasteiger partial charge in [-0.3, -0.25) is 4.68 Å². The van der Waals surface area contributed by atoms with Gasteiger partial charge in [0.15, 0.2) is 5.82 Å². The average Bonchev–Trinajstić information content (AvgIpc) is 3.15. The van der Waals surface area contributed by atoms with E-state index in [1.54, 1.807) is 10.9 Å². The minimum atomic E-state index is -0.144. The van der Waals surface area contributed by atoms with Crippen LogP contribution in [-0.2, 0) is 19.5 Å². The SMILES string of the molecule is CC(C)c1nc2n(n1)CC(NC(=O)NCCn1cccn1)CC2. The van der Waals surface area contributed by atoms with Crippen LogP contribution in [0.4, 0.5) is 4.79 Å². The van der Waals surface area contributed by atoms with Crippen LogP contribution in [0, 0.1) is 0 Å². The lowest BCUT2D eigenvalue weighted by atomic mass is 10.1. The lowest BCUT2D eigenvalue weighted by Crippen LogP contribution is -2.46. The van der Waals surface area contributed by atoms with Crippen LogP contribution in [0.1, 0.15) is 37.8 Å². The number of amides is 2. The highest BCUT2D eigenvalue weighted by Gasteiger charge is 2.23. The van der Waals surface area contributed by atoms with Crippen molar-refractivity contribution in [2.45, 2.75) is 51.7 Å². The zero-order valence-corrected chi connectivity index (χ0v) is 13.6. The molecule has 124 valence electrons. The first kappa shape index (κ1) is 15.5. The van der Waals surface area contributed by atoms with E-state index < -0.39 is 0 Å². The quantitative estimate of drug-likeness (QED) is 0.858. The topological polar surface area (TPSA) is 89.7 Å². The molecule has 0 spiro atoms. The minimum Gasteiger partial charge on any atom is -0.336 e. The lowest BCUT2D eigenvalue weighted by molar-refractivity contribution is 0.231. The van der Waals surface area contributed by atoms with Gasteiger partial charge in [-0.1, -0.05) is 13.8 Å². The third kappa shape index (κ3) is 3.88. The lowest BCUT2D eigenvalue weighted by Gasteiger charge is -2.23. The van der Waals surface area contributed by atoms with E-state index in [1.807, 2.05) is 16.9 Å². The third-order valence-electron chi connectivity index (χ3n) is 3.91. The Hall–Kier alpha value is -2.38. The van der Waals surface area contributed by atoms with Gasteiger partial charge in [0.25, 0.3) is 0 Å². The first-order valence-electron chi connectivity index (χ1n) is 8.07. The summed E-state index contributed by atoms with van der Waals surface area (Å²) in [6.07, 6.45) is 5.34. The van der Waals surface area contributed by atoms with Gasteiger partial charge in [-0.2, -0.15) is 10.2 Å². The van der Waals surface area contributed by atoms with Gasteiger partial charge in [0.05, 0.1) is 19.1 Å². The molecule has 0 saturated carbocycles. The molecule has 0 bridgehead atoms. The number of urea groups is 1. The molecule has 23 heavy (non-hydrogen) atoms. The number of aromatic nitrogens is 5. The fourth-order valence-corrected chi connectivity index (χ4v) is 2.64. The number of carbonyl (C=O) groups excluding carboxylic acids is 1. The van der Waals surface area contributed by atoms with Crippen LogP contribution in [0.15, 0.2) is 18.5 Å². The number of hydrogen-bond acceptors (Lipinski definition) is 4. The predicted octanol–water partition coefficient (Wildman–Crippen LogP) is 0.912. The van der Waals surface area contributed by atoms with Crippen molar-refractivity contribution in [3.8, 4) is 0 Å². The Morgan fingerprint density at radius 1 is 1.48 bits per heavy atom. The van der Waals surface area contributed by atoms with E-state index in [2.05, 4.69) is 39.7 Å². The molecule has 8 nitrogen and oxygen atoms in total. The van der Waals surface area contributed by atoms with Crippen molar-refractivity contribution in [1.29, 1.82) is 0 Å². The molecule has 1 aliphatic heterocycles. The number of rotatable bonds is 5. The van der Waals surface area contributed by atoms with Gasteiger partial charge in [0.2, 0.25) is 0 Å². The second-order valence-electron chi connectivity index (χ2n) is 6.13. The summed E-state index contributed by atoms with van der Waals surface area (Å²) in [5.41, 5.74) is 0. The van der Waals surface area contributed by atoms with Gasteiger partial charge < -0.3 is 10.6 Å².